The molecule has 1 aromatic rings. The van der Waals surface area contributed by atoms with Crippen LogP contribution in [0.5, 0.6) is 5.75 Å². The number of fused-ring (bicyclic) bond motifs is 1. The van der Waals surface area contributed by atoms with Gasteiger partial charge in [0.25, 0.3) is 0 Å². The molecular weight excluding hydrogens is 303 g/mol. The number of rotatable bonds is 4. The average Bonchev–Trinajstić information content (AvgIpc) is 2.85. The summed E-state index contributed by atoms with van der Waals surface area (Å²) in [6.07, 6.45) is 1.18. The van der Waals surface area contributed by atoms with E-state index in [1.165, 1.54) is 12.1 Å². The van der Waals surface area contributed by atoms with Crippen molar-refractivity contribution in [2.75, 3.05) is 26.2 Å². The number of hydrogen-bond donors (Lipinski definition) is 3. The van der Waals surface area contributed by atoms with E-state index in [1.54, 1.807) is 6.07 Å². The predicted octanol–water partition coefficient (Wildman–Crippen LogP) is 1.22. The summed E-state index contributed by atoms with van der Waals surface area (Å²) in [4.78, 5) is 12.8. The van der Waals surface area contributed by atoms with Crippen molar-refractivity contribution in [2.45, 2.75) is 30.9 Å². The quantitative estimate of drug-likeness (QED) is 0.776. The van der Waals surface area contributed by atoms with E-state index in [0.717, 1.165) is 37.2 Å². The number of carbonyl (C=O) groups is 1. The van der Waals surface area contributed by atoms with Gasteiger partial charge in [0, 0.05) is 44.5 Å². The number of likely N-dealkylation sites (tertiary alicyclic amines) is 1. The summed E-state index contributed by atoms with van der Waals surface area (Å²) in [6, 6.07) is 4.15. The molecule has 0 aromatic heterocycles. The van der Waals surface area contributed by atoms with Gasteiger partial charge in [-0.2, -0.15) is 0 Å². The van der Waals surface area contributed by atoms with Crippen LogP contribution in [-0.2, 0) is 6.42 Å². The Balaban J connectivity index is 1.56. The molecule has 23 heavy (non-hydrogen) atoms. The average molecular weight is 324 g/mol. The number of hydrogen-bond acceptors (Lipinski definition) is 4. The van der Waals surface area contributed by atoms with E-state index in [1.807, 2.05) is 0 Å². The van der Waals surface area contributed by atoms with Gasteiger partial charge < -0.3 is 25.2 Å². The number of halogens is 1. The summed E-state index contributed by atoms with van der Waals surface area (Å²) < 4.78 is 19.4. The normalized spacial score (nSPS) is 20.8. The van der Waals surface area contributed by atoms with Crippen LogP contribution in [0.4, 0.5) is 9.18 Å². The SMILES string of the molecule is O=C(O)N[C@H](CO)CN1CCC2(CC1)Cc1cc(F)ccc1O2. The Morgan fingerprint density at radius 2 is 2.17 bits per heavy atom. The van der Waals surface area contributed by atoms with Gasteiger partial charge in [0.15, 0.2) is 0 Å². The molecule has 2 aliphatic rings. The lowest BCUT2D eigenvalue weighted by molar-refractivity contribution is 0.0148. The zero-order valence-electron chi connectivity index (χ0n) is 12.8. The first kappa shape index (κ1) is 16.0. The molecule has 0 saturated carbocycles. The van der Waals surface area contributed by atoms with Crippen LogP contribution < -0.4 is 10.1 Å². The van der Waals surface area contributed by atoms with Gasteiger partial charge in [-0.3, -0.25) is 0 Å². The highest BCUT2D eigenvalue weighted by atomic mass is 19.1. The lowest BCUT2D eigenvalue weighted by Crippen LogP contribution is -2.52. The van der Waals surface area contributed by atoms with Crippen molar-refractivity contribution in [3.05, 3.63) is 29.6 Å². The van der Waals surface area contributed by atoms with Gasteiger partial charge in [-0.1, -0.05) is 0 Å². The Kier molecular flexibility index (Phi) is 4.41. The van der Waals surface area contributed by atoms with Crippen LogP contribution in [0.15, 0.2) is 18.2 Å². The number of amides is 1. The molecule has 1 fully saturated rings. The number of piperidine rings is 1. The summed E-state index contributed by atoms with van der Waals surface area (Å²) in [5.41, 5.74) is 0.640. The highest BCUT2D eigenvalue weighted by Gasteiger charge is 2.42. The number of benzene rings is 1. The highest BCUT2D eigenvalue weighted by molar-refractivity contribution is 5.64. The van der Waals surface area contributed by atoms with Crippen LogP contribution in [0.3, 0.4) is 0 Å². The van der Waals surface area contributed by atoms with Crippen molar-refractivity contribution in [1.29, 1.82) is 0 Å². The van der Waals surface area contributed by atoms with Crippen LogP contribution in [0.25, 0.3) is 0 Å². The van der Waals surface area contributed by atoms with Crippen LogP contribution in [0.1, 0.15) is 18.4 Å². The van der Waals surface area contributed by atoms with Gasteiger partial charge in [0.05, 0.1) is 12.6 Å². The van der Waals surface area contributed by atoms with Gasteiger partial charge >= 0.3 is 6.09 Å². The minimum atomic E-state index is -1.13. The third kappa shape index (κ3) is 3.56. The van der Waals surface area contributed by atoms with E-state index < -0.39 is 12.1 Å². The standard InChI is InChI=1S/C16H21FN2O4/c17-12-1-2-14-11(7-12)8-16(23-14)3-5-19(6-4-16)9-13(10-20)18-15(21)22/h1-2,7,13,18,20H,3-6,8-10H2,(H,21,22)/t13-/m0/s1. The largest absolute Gasteiger partial charge is 0.487 e. The molecule has 1 spiro atoms. The van der Waals surface area contributed by atoms with Crippen LogP contribution in [0.2, 0.25) is 0 Å². The number of aliphatic hydroxyl groups is 1. The van der Waals surface area contributed by atoms with Gasteiger partial charge in [0.1, 0.15) is 17.2 Å². The van der Waals surface area contributed by atoms with Gasteiger partial charge in [0.2, 0.25) is 0 Å². The van der Waals surface area contributed by atoms with Crippen LogP contribution in [0, 0.1) is 5.82 Å². The van der Waals surface area contributed by atoms with Gasteiger partial charge in [-0.25, -0.2) is 9.18 Å². The van der Waals surface area contributed by atoms with Crippen LogP contribution >= 0.6 is 0 Å². The Bertz CT molecular complexity index is 587. The van der Waals surface area contributed by atoms with E-state index in [0.29, 0.717) is 13.0 Å². The molecule has 1 saturated heterocycles. The lowest BCUT2D eigenvalue weighted by Gasteiger charge is -2.39. The molecule has 126 valence electrons. The summed E-state index contributed by atoms with van der Waals surface area (Å²) in [6.45, 7) is 1.76. The summed E-state index contributed by atoms with van der Waals surface area (Å²) >= 11 is 0. The Morgan fingerprint density at radius 1 is 1.43 bits per heavy atom. The molecule has 0 unspecified atom stereocenters. The number of nitrogens with zero attached hydrogens (tertiary/aromatic N) is 1. The molecule has 0 radical (unpaired) electrons. The number of ether oxygens (including phenoxy) is 1. The first-order valence-electron chi connectivity index (χ1n) is 7.80. The zero-order valence-corrected chi connectivity index (χ0v) is 12.8. The number of carboxylic acid groups (broad SMARTS) is 1. The predicted molar refractivity (Wildman–Crippen MR) is 81.2 cm³/mol. The molecule has 7 heteroatoms. The van der Waals surface area contributed by atoms with Gasteiger partial charge in [-0.15, -0.1) is 0 Å². The molecule has 1 aromatic carbocycles. The maximum Gasteiger partial charge on any atom is 0.405 e. The second-order valence-corrected chi connectivity index (χ2v) is 6.34. The van der Waals surface area contributed by atoms with Gasteiger partial charge in [-0.05, 0) is 18.2 Å². The second kappa shape index (κ2) is 6.33. The molecule has 3 rings (SSSR count). The summed E-state index contributed by atoms with van der Waals surface area (Å²) in [5, 5.41) is 20.3. The monoisotopic (exact) mass is 324 g/mol. The smallest absolute Gasteiger partial charge is 0.405 e. The Morgan fingerprint density at radius 3 is 2.83 bits per heavy atom. The number of nitrogens with one attached hydrogen (secondary N) is 1. The summed E-state index contributed by atoms with van der Waals surface area (Å²) in [7, 11) is 0. The van der Waals surface area contributed by atoms with E-state index in [2.05, 4.69) is 10.2 Å². The topological polar surface area (TPSA) is 82.0 Å². The molecule has 0 aliphatic carbocycles. The van der Waals surface area contributed by atoms with Crippen LogP contribution in [-0.4, -0.2) is 59.1 Å². The molecule has 2 heterocycles. The van der Waals surface area contributed by atoms with Crippen molar-refractivity contribution in [3.8, 4) is 5.75 Å². The zero-order chi connectivity index (χ0) is 16.4. The van der Waals surface area contributed by atoms with E-state index in [-0.39, 0.29) is 18.0 Å². The van der Waals surface area contributed by atoms with Crippen molar-refractivity contribution in [3.63, 3.8) is 0 Å². The Hall–Kier alpha value is -1.86. The van der Waals surface area contributed by atoms with E-state index in [4.69, 9.17) is 9.84 Å². The first-order valence-corrected chi connectivity index (χ1v) is 7.80. The van der Waals surface area contributed by atoms with Crippen molar-refractivity contribution < 1.29 is 24.1 Å². The molecule has 6 nitrogen and oxygen atoms in total. The molecule has 0 bridgehead atoms. The fourth-order valence-electron chi connectivity index (χ4n) is 3.46. The molecule has 1 atom stereocenters. The third-order valence-corrected chi connectivity index (χ3v) is 4.66. The maximum absolute atomic E-state index is 13.3. The maximum atomic E-state index is 13.3. The van der Waals surface area contributed by atoms with Crippen molar-refractivity contribution in [1.82, 2.24) is 10.2 Å². The van der Waals surface area contributed by atoms with E-state index >= 15 is 0 Å². The second-order valence-electron chi connectivity index (χ2n) is 6.34. The van der Waals surface area contributed by atoms with Crippen molar-refractivity contribution >= 4 is 6.09 Å². The minimum absolute atomic E-state index is 0.227. The minimum Gasteiger partial charge on any atom is -0.487 e. The molecule has 2 aliphatic heterocycles. The molecule has 3 N–H and O–H groups in total. The van der Waals surface area contributed by atoms with E-state index in [9.17, 15) is 14.3 Å². The third-order valence-electron chi connectivity index (χ3n) is 4.66. The fraction of sp³-hybridized carbons (Fsp3) is 0.562. The number of aliphatic hydroxyl groups excluding tert-OH is 1. The summed E-state index contributed by atoms with van der Waals surface area (Å²) in [5.74, 6) is 0.521. The first-order chi connectivity index (χ1) is 11.0. The fourth-order valence-corrected chi connectivity index (χ4v) is 3.46. The highest BCUT2D eigenvalue weighted by Crippen LogP contribution is 2.41. The van der Waals surface area contributed by atoms with Crippen molar-refractivity contribution in [2.24, 2.45) is 0 Å². The lowest BCUT2D eigenvalue weighted by atomic mass is 9.87. The molecular formula is C16H21FN2O4. The Labute approximate surface area is 133 Å². The molecule has 1 amide bonds.